The Hall–Kier alpha value is -3.32. The number of rotatable bonds is 5. The minimum absolute atomic E-state index is 0.446. The maximum atomic E-state index is 5.33. The van der Waals surface area contributed by atoms with Gasteiger partial charge in [-0.05, 0) is 30.3 Å². The molecule has 0 aliphatic carbocycles. The molecule has 7 heteroatoms. The molecular weight excluding hydrogens is 356 g/mol. The predicted octanol–water partition coefficient (Wildman–Crippen LogP) is 4.04. The topological polar surface area (TPSA) is 63.8 Å². The zero-order valence-corrected chi connectivity index (χ0v) is 15.6. The van der Waals surface area contributed by atoms with Crippen molar-refractivity contribution in [2.45, 2.75) is 13.5 Å². The number of aromatic amines is 1. The van der Waals surface area contributed by atoms with Gasteiger partial charge in [0.25, 0.3) is 0 Å². The van der Waals surface area contributed by atoms with E-state index in [1.807, 2.05) is 60.3 Å². The molecule has 4 aromatic rings. The first kappa shape index (κ1) is 17.1. The molecule has 0 radical (unpaired) electrons. The maximum absolute atomic E-state index is 5.33. The summed E-state index contributed by atoms with van der Waals surface area (Å²) in [5, 5.41) is 16.1. The molecule has 0 saturated carbocycles. The molecule has 0 aliphatic rings. The number of aryl methyl sites for hydroxylation is 1. The lowest BCUT2D eigenvalue weighted by Gasteiger charge is -2.03. The fourth-order valence-corrected chi connectivity index (χ4v) is 3.00. The van der Waals surface area contributed by atoms with Gasteiger partial charge in [-0.25, -0.2) is 5.10 Å². The molecule has 2 aromatic heterocycles. The van der Waals surface area contributed by atoms with Gasteiger partial charge in [-0.1, -0.05) is 54.6 Å². The van der Waals surface area contributed by atoms with Crippen LogP contribution in [0.3, 0.4) is 0 Å². The number of benzene rings is 2. The van der Waals surface area contributed by atoms with Crippen molar-refractivity contribution in [1.82, 2.24) is 24.7 Å². The van der Waals surface area contributed by atoms with Crippen LogP contribution in [0.2, 0.25) is 0 Å². The molecule has 0 spiro atoms. The largest absolute Gasteiger partial charge is 0.268 e. The van der Waals surface area contributed by atoms with Crippen LogP contribution in [0.5, 0.6) is 0 Å². The lowest BCUT2D eigenvalue weighted by Crippen LogP contribution is -1.99. The van der Waals surface area contributed by atoms with Gasteiger partial charge in [0.2, 0.25) is 4.77 Å². The molecule has 0 bridgehead atoms. The second-order valence-electron chi connectivity index (χ2n) is 6.18. The van der Waals surface area contributed by atoms with Gasteiger partial charge in [0.05, 0.1) is 19.0 Å². The molecule has 0 saturated heterocycles. The van der Waals surface area contributed by atoms with Gasteiger partial charge in [0, 0.05) is 17.3 Å². The summed E-state index contributed by atoms with van der Waals surface area (Å²) in [6, 6.07) is 18.2. The van der Waals surface area contributed by atoms with Crippen molar-refractivity contribution in [1.29, 1.82) is 0 Å². The van der Waals surface area contributed by atoms with Gasteiger partial charge in [-0.3, -0.25) is 4.68 Å². The van der Waals surface area contributed by atoms with E-state index < -0.39 is 0 Å². The molecule has 1 N–H and O–H groups in total. The molecule has 0 unspecified atom stereocenters. The highest BCUT2D eigenvalue weighted by Gasteiger charge is 2.10. The summed E-state index contributed by atoms with van der Waals surface area (Å²) in [4.78, 5) is 0. The van der Waals surface area contributed by atoms with E-state index in [1.165, 1.54) is 5.56 Å². The summed E-state index contributed by atoms with van der Waals surface area (Å²) in [6.45, 7) is 2.75. The van der Waals surface area contributed by atoms with E-state index in [0.29, 0.717) is 17.1 Å². The minimum Gasteiger partial charge on any atom is -0.268 e. The zero-order valence-electron chi connectivity index (χ0n) is 14.8. The highest BCUT2D eigenvalue weighted by atomic mass is 32.1. The monoisotopic (exact) mass is 374 g/mol. The molecule has 2 aromatic carbocycles. The molecule has 0 amide bonds. The maximum Gasteiger partial charge on any atom is 0.216 e. The van der Waals surface area contributed by atoms with Crippen molar-refractivity contribution in [2.75, 3.05) is 0 Å². The third-order valence-electron chi connectivity index (χ3n) is 4.20. The van der Waals surface area contributed by atoms with Gasteiger partial charge in [-0.15, -0.1) is 0 Å². The van der Waals surface area contributed by atoms with Crippen LogP contribution in [0.1, 0.15) is 16.7 Å². The van der Waals surface area contributed by atoms with Crippen LogP contribution in [0, 0.1) is 11.7 Å². The van der Waals surface area contributed by atoms with E-state index in [9.17, 15) is 0 Å². The minimum atomic E-state index is 0.446. The quantitative estimate of drug-likeness (QED) is 0.423. The summed E-state index contributed by atoms with van der Waals surface area (Å²) in [5.41, 5.74) is 4.19. The second kappa shape index (κ2) is 7.51. The van der Waals surface area contributed by atoms with E-state index in [-0.39, 0.29) is 0 Å². The van der Waals surface area contributed by atoms with Crippen molar-refractivity contribution in [3.05, 3.63) is 88.5 Å². The Labute approximate surface area is 161 Å². The molecule has 4 rings (SSSR count). The van der Waals surface area contributed by atoms with Crippen molar-refractivity contribution < 1.29 is 0 Å². The van der Waals surface area contributed by atoms with Crippen LogP contribution in [-0.2, 0) is 6.54 Å². The van der Waals surface area contributed by atoms with E-state index in [4.69, 9.17) is 12.2 Å². The highest BCUT2D eigenvalue weighted by molar-refractivity contribution is 7.71. The fraction of sp³-hybridized carbons (Fsp3) is 0.100. The average molecular weight is 374 g/mol. The van der Waals surface area contributed by atoms with Gasteiger partial charge in [0.1, 0.15) is 0 Å². The summed E-state index contributed by atoms with van der Waals surface area (Å²) in [6.07, 6.45) is 5.47. The summed E-state index contributed by atoms with van der Waals surface area (Å²) >= 11 is 5.33. The molecule has 0 fully saturated rings. The van der Waals surface area contributed by atoms with Crippen molar-refractivity contribution in [2.24, 2.45) is 5.10 Å². The van der Waals surface area contributed by atoms with Crippen LogP contribution in [0.15, 0.2) is 72.1 Å². The van der Waals surface area contributed by atoms with Gasteiger partial charge in [-0.2, -0.15) is 20.0 Å². The first-order chi connectivity index (χ1) is 13.2. The van der Waals surface area contributed by atoms with Gasteiger partial charge in [0.15, 0.2) is 5.82 Å². The summed E-state index contributed by atoms with van der Waals surface area (Å²) < 4.78 is 3.96. The first-order valence-electron chi connectivity index (χ1n) is 8.55. The molecular formula is C20H18N6S. The lowest BCUT2D eigenvalue weighted by molar-refractivity contribution is 0.687. The Morgan fingerprint density at radius 1 is 1.11 bits per heavy atom. The first-order valence-corrected chi connectivity index (χ1v) is 8.96. The Bertz CT molecular complexity index is 1140. The summed E-state index contributed by atoms with van der Waals surface area (Å²) in [7, 11) is 0. The summed E-state index contributed by atoms with van der Waals surface area (Å²) in [5.74, 6) is 0.686. The van der Waals surface area contributed by atoms with E-state index in [2.05, 4.69) is 32.5 Å². The second-order valence-corrected chi connectivity index (χ2v) is 6.57. The van der Waals surface area contributed by atoms with Crippen molar-refractivity contribution >= 4 is 18.4 Å². The molecule has 0 aliphatic heterocycles. The van der Waals surface area contributed by atoms with Gasteiger partial charge >= 0.3 is 0 Å². The third-order valence-corrected chi connectivity index (χ3v) is 4.46. The average Bonchev–Trinajstić information content (AvgIpc) is 3.28. The highest BCUT2D eigenvalue weighted by Crippen LogP contribution is 2.21. The Morgan fingerprint density at radius 3 is 2.70 bits per heavy atom. The van der Waals surface area contributed by atoms with Crippen LogP contribution in [0.25, 0.3) is 11.4 Å². The van der Waals surface area contributed by atoms with E-state index >= 15 is 0 Å². The van der Waals surface area contributed by atoms with Crippen LogP contribution in [0.4, 0.5) is 0 Å². The standard InChI is InChI=1S/C20H18N6S/c1-15-7-5-6-10-18(15)19-23-24-20(27)26(19)22-12-17-11-21-25(14-17)13-16-8-3-2-4-9-16/h2-12,14H,13H2,1H3,(H,24,27)/b22-12-. The molecule has 27 heavy (non-hydrogen) atoms. The fourth-order valence-electron chi connectivity index (χ4n) is 2.82. The normalized spacial score (nSPS) is 11.3. The Kier molecular flexibility index (Phi) is 4.76. The molecule has 6 nitrogen and oxygen atoms in total. The van der Waals surface area contributed by atoms with Crippen molar-refractivity contribution in [3.8, 4) is 11.4 Å². The van der Waals surface area contributed by atoms with Crippen LogP contribution >= 0.6 is 12.2 Å². The third kappa shape index (κ3) is 3.78. The van der Waals surface area contributed by atoms with Crippen LogP contribution < -0.4 is 0 Å². The zero-order chi connectivity index (χ0) is 18.6. The van der Waals surface area contributed by atoms with Crippen molar-refractivity contribution in [3.63, 3.8) is 0 Å². The van der Waals surface area contributed by atoms with Gasteiger partial charge < -0.3 is 0 Å². The molecule has 134 valence electrons. The van der Waals surface area contributed by atoms with E-state index in [1.54, 1.807) is 17.1 Å². The van der Waals surface area contributed by atoms with Crippen LogP contribution in [-0.4, -0.2) is 30.9 Å². The van der Waals surface area contributed by atoms with E-state index in [0.717, 1.165) is 16.7 Å². The Balaban J connectivity index is 1.59. The number of hydrogen-bond acceptors (Lipinski definition) is 4. The lowest BCUT2D eigenvalue weighted by atomic mass is 10.1. The SMILES string of the molecule is Cc1ccccc1-c1n[nH]c(=S)n1/N=C\c1cnn(Cc2ccccc2)c1. The number of nitrogens with zero attached hydrogens (tertiary/aromatic N) is 5. The number of hydrogen-bond donors (Lipinski definition) is 1. The number of H-pyrrole nitrogens is 1. The Morgan fingerprint density at radius 2 is 1.89 bits per heavy atom. The predicted molar refractivity (Wildman–Crippen MR) is 108 cm³/mol. The smallest absolute Gasteiger partial charge is 0.216 e. The number of aromatic nitrogens is 5. The number of nitrogens with one attached hydrogen (secondary N) is 1. The molecule has 2 heterocycles. The molecule has 0 atom stereocenters.